The van der Waals surface area contributed by atoms with Gasteiger partial charge in [0.2, 0.25) is 17.7 Å². The summed E-state index contributed by atoms with van der Waals surface area (Å²) in [5.74, 6) is -5.66. The summed E-state index contributed by atoms with van der Waals surface area (Å²) in [6.07, 6.45) is 1.18. The van der Waals surface area contributed by atoms with E-state index < -0.39 is 83.1 Å². The molecule has 0 fully saturated rings. The van der Waals surface area contributed by atoms with E-state index in [9.17, 15) is 33.5 Å². The highest BCUT2D eigenvalue weighted by atomic mass is 32.2. The fourth-order valence-corrected chi connectivity index (χ4v) is 7.10. The minimum absolute atomic E-state index is 0.00864. The monoisotopic (exact) mass is 818 g/mol. The van der Waals surface area contributed by atoms with E-state index in [0.717, 1.165) is 35.5 Å². The van der Waals surface area contributed by atoms with Crippen LogP contribution < -0.4 is 22.1 Å². The number of ether oxygens (including phenoxy) is 1. The lowest BCUT2D eigenvalue weighted by atomic mass is 9.82. The maximum absolute atomic E-state index is 15.0. The van der Waals surface area contributed by atoms with Gasteiger partial charge in [-0.3, -0.25) is 24.0 Å². The number of hydrogen-bond acceptors (Lipinski definition) is 10. The number of nitrogens with zero attached hydrogens (tertiary/aromatic N) is 2. The highest BCUT2D eigenvalue weighted by Crippen LogP contribution is 2.41. The van der Waals surface area contributed by atoms with E-state index in [1.165, 1.54) is 4.90 Å². The Balaban J connectivity index is 1.64. The second-order valence-corrected chi connectivity index (χ2v) is 15.6. The van der Waals surface area contributed by atoms with Gasteiger partial charge in [-0.15, -0.1) is 11.8 Å². The van der Waals surface area contributed by atoms with Crippen LogP contribution in [0.25, 0.3) is 11.1 Å². The summed E-state index contributed by atoms with van der Waals surface area (Å²) in [6, 6.07) is 11.3. The van der Waals surface area contributed by atoms with Crippen molar-refractivity contribution in [2.75, 3.05) is 45.2 Å². The second kappa shape index (κ2) is 22.2. The van der Waals surface area contributed by atoms with Crippen LogP contribution in [0.1, 0.15) is 50.9 Å². The van der Waals surface area contributed by atoms with Gasteiger partial charge in [-0.25, -0.2) is 8.78 Å². The van der Waals surface area contributed by atoms with Crippen LogP contribution in [-0.4, -0.2) is 117 Å². The van der Waals surface area contributed by atoms with Crippen LogP contribution in [-0.2, 0) is 35.3 Å². The maximum atomic E-state index is 15.0. The first-order chi connectivity index (χ1) is 26.9. The molecule has 3 amide bonds. The summed E-state index contributed by atoms with van der Waals surface area (Å²) in [7, 11) is 0. The summed E-state index contributed by atoms with van der Waals surface area (Å²) in [4.78, 5) is 62.4. The minimum atomic E-state index is -1.27. The molecule has 0 bridgehead atoms. The van der Waals surface area contributed by atoms with Crippen LogP contribution in [0.3, 0.4) is 0 Å². The summed E-state index contributed by atoms with van der Waals surface area (Å²) in [6.45, 7) is 5.34. The molecule has 15 nitrogen and oxygen atoms in total. The molecule has 4 atom stereocenters. The Morgan fingerprint density at radius 1 is 0.930 bits per heavy atom. The fourth-order valence-electron chi connectivity index (χ4n) is 6.03. The fraction of sp³-hybridized carbons (Fsp3) is 0.462. The van der Waals surface area contributed by atoms with Crippen LogP contribution in [0.15, 0.2) is 60.8 Å². The number of hydrogen-bond donors (Lipinski definition) is 7. The van der Waals surface area contributed by atoms with Crippen LogP contribution in [0.4, 0.5) is 8.78 Å². The van der Waals surface area contributed by atoms with Gasteiger partial charge in [0, 0.05) is 54.9 Å². The molecular formula is C39H52F2N6O9S. The third kappa shape index (κ3) is 14.5. The van der Waals surface area contributed by atoms with E-state index in [-0.39, 0.29) is 50.6 Å². The van der Waals surface area contributed by atoms with Gasteiger partial charge < -0.3 is 51.6 Å². The zero-order chi connectivity index (χ0) is 42.3. The van der Waals surface area contributed by atoms with Gasteiger partial charge in [0.15, 0.2) is 0 Å². The molecule has 0 radical (unpaired) electrons. The van der Waals surface area contributed by atoms with E-state index in [2.05, 4.69) is 10.6 Å². The van der Waals surface area contributed by atoms with Gasteiger partial charge in [-0.1, -0.05) is 51.1 Å². The number of rotatable bonds is 23. The van der Waals surface area contributed by atoms with Crippen LogP contribution >= 0.6 is 11.8 Å². The predicted molar refractivity (Wildman–Crippen MR) is 210 cm³/mol. The Morgan fingerprint density at radius 2 is 1.58 bits per heavy atom. The Kier molecular flexibility index (Phi) is 18.1. The van der Waals surface area contributed by atoms with Gasteiger partial charge in [0.05, 0.1) is 37.0 Å². The molecule has 0 spiro atoms. The van der Waals surface area contributed by atoms with Gasteiger partial charge in [0.25, 0.3) is 0 Å². The predicted octanol–water partition coefficient (Wildman–Crippen LogP) is 2.34. The number of aromatic nitrogens is 1. The topological polar surface area (TPSA) is 240 Å². The van der Waals surface area contributed by atoms with Gasteiger partial charge in [-0.2, -0.15) is 0 Å². The summed E-state index contributed by atoms with van der Waals surface area (Å²) in [5, 5.41) is 32.2. The number of benzene rings is 2. The van der Waals surface area contributed by atoms with Gasteiger partial charge in [-0.05, 0) is 41.7 Å². The van der Waals surface area contributed by atoms with Crippen molar-refractivity contribution in [3.05, 3.63) is 83.7 Å². The Bertz CT molecular complexity index is 1820. The molecule has 1 unspecified atom stereocenters. The average molecular weight is 819 g/mol. The summed E-state index contributed by atoms with van der Waals surface area (Å²) < 4.78 is 36.6. The number of carboxylic acids is 2. The number of nitrogens with one attached hydrogen (secondary N) is 2. The molecule has 0 saturated carbocycles. The van der Waals surface area contributed by atoms with Gasteiger partial charge in [0.1, 0.15) is 24.3 Å². The molecular weight excluding hydrogens is 767 g/mol. The van der Waals surface area contributed by atoms with E-state index >= 15 is 4.39 Å². The molecule has 1 heterocycles. The van der Waals surface area contributed by atoms with Crippen molar-refractivity contribution >= 4 is 41.4 Å². The van der Waals surface area contributed by atoms with E-state index in [1.807, 2.05) is 55.7 Å². The number of aliphatic hydroxyl groups excluding tert-OH is 1. The highest BCUT2D eigenvalue weighted by molar-refractivity contribution is 8.00. The summed E-state index contributed by atoms with van der Waals surface area (Å²) in [5.41, 5.74) is 13.0. The quantitative estimate of drug-likeness (QED) is 0.0683. The zero-order valence-corrected chi connectivity index (χ0v) is 33.0. The van der Waals surface area contributed by atoms with Crippen molar-refractivity contribution in [2.45, 2.75) is 63.5 Å². The molecule has 2 aromatic carbocycles. The largest absolute Gasteiger partial charge is 0.481 e. The number of carbonyl (C=O) groups is 5. The SMILES string of the molecule is CC(C)(C)[C@H](c1cc(-c2cc(F)ccc2F)cn1Cc1ccccc1)N(CC[C@H](N)C(=O)NCCOCCNC(=O)C(CC(=O)O)SC[C@H](N)C(=O)O)C(=O)CO. The smallest absolute Gasteiger partial charge is 0.321 e. The lowest BCUT2D eigenvalue weighted by Gasteiger charge is -2.41. The molecule has 0 aliphatic heterocycles. The average Bonchev–Trinajstić information content (AvgIpc) is 3.56. The standard InChI is InChI=1S/C39H52F2N6O9S/c1-39(2,3)35(31-17-25(27-18-26(40)9-10-28(27)41)21-46(31)20-24-7-5-4-6-8-24)47(33(49)22-48)14-11-29(42)36(52)44-12-15-56-16-13-45-37(53)32(19-34(50)51)57-23-30(43)38(54)55/h4-10,17-18,21,29-30,32,35,48H,11-16,19-20,22-23,42-43H2,1-3H3,(H,44,52)(H,45,53)(H,50,51)(H,54,55)/t29-,30-,32?,35-/m0/s1. The van der Waals surface area contributed by atoms with Crippen molar-refractivity contribution in [1.82, 2.24) is 20.1 Å². The molecule has 57 heavy (non-hydrogen) atoms. The van der Waals surface area contributed by atoms with Crippen LogP contribution in [0, 0.1) is 17.0 Å². The van der Waals surface area contributed by atoms with Crippen molar-refractivity contribution in [1.29, 1.82) is 0 Å². The van der Waals surface area contributed by atoms with E-state index in [4.69, 9.17) is 26.4 Å². The first kappa shape index (κ1) is 46.5. The third-order valence-corrected chi connectivity index (χ3v) is 10.1. The Morgan fingerprint density at radius 3 is 2.18 bits per heavy atom. The third-order valence-electron chi connectivity index (χ3n) is 8.79. The molecule has 0 saturated heterocycles. The number of aliphatic hydroxyl groups is 1. The molecule has 3 aromatic rings. The highest BCUT2D eigenvalue weighted by Gasteiger charge is 2.37. The molecule has 3 rings (SSSR count). The molecule has 9 N–H and O–H groups in total. The normalized spacial score (nSPS) is 13.6. The maximum Gasteiger partial charge on any atom is 0.321 e. The van der Waals surface area contributed by atoms with E-state index in [0.29, 0.717) is 17.8 Å². The molecule has 0 aliphatic carbocycles. The van der Waals surface area contributed by atoms with Crippen molar-refractivity contribution in [3.8, 4) is 11.1 Å². The lowest BCUT2D eigenvalue weighted by molar-refractivity contribution is -0.140. The van der Waals surface area contributed by atoms with E-state index in [1.54, 1.807) is 12.3 Å². The second-order valence-electron chi connectivity index (χ2n) is 14.4. The molecule has 312 valence electrons. The molecule has 1 aromatic heterocycles. The van der Waals surface area contributed by atoms with Crippen molar-refractivity contribution < 1.29 is 52.8 Å². The van der Waals surface area contributed by atoms with Crippen LogP contribution in [0.5, 0.6) is 0 Å². The molecule has 0 aliphatic rings. The van der Waals surface area contributed by atoms with Crippen LogP contribution in [0.2, 0.25) is 0 Å². The first-order valence-corrected chi connectivity index (χ1v) is 19.3. The number of amides is 3. The molecule has 18 heteroatoms. The summed E-state index contributed by atoms with van der Waals surface area (Å²) >= 11 is 0.826. The Hall–Kier alpha value is -4.88. The van der Waals surface area contributed by atoms with Gasteiger partial charge >= 0.3 is 11.9 Å². The Labute approximate surface area is 334 Å². The number of nitrogens with two attached hydrogens (primary N) is 2. The number of carbonyl (C=O) groups excluding carboxylic acids is 3. The van der Waals surface area contributed by atoms with Crippen molar-refractivity contribution in [2.24, 2.45) is 16.9 Å². The minimum Gasteiger partial charge on any atom is -0.481 e. The zero-order valence-electron chi connectivity index (χ0n) is 32.2. The number of aliphatic carboxylic acids is 2. The number of thioether (sulfide) groups is 1. The number of carboxylic acid groups (broad SMARTS) is 2. The number of halogens is 2. The first-order valence-electron chi connectivity index (χ1n) is 18.2. The van der Waals surface area contributed by atoms with Crippen molar-refractivity contribution in [3.63, 3.8) is 0 Å². The lowest BCUT2D eigenvalue weighted by Crippen LogP contribution is -2.48.